The molecule has 0 spiro atoms. The van der Waals surface area contributed by atoms with Crippen molar-refractivity contribution in [3.63, 3.8) is 0 Å². The van der Waals surface area contributed by atoms with Gasteiger partial charge in [0, 0.05) is 11.4 Å². The molecular weight excluding hydrogens is 242 g/mol. The van der Waals surface area contributed by atoms with Gasteiger partial charge >= 0.3 is 5.97 Å². The van der Waals surface area contributed by atoms with Crippen LogP contribution in [-0.4, -0.2) is 17.1 Å². The summed E-state index contributed by atoms with van der Waals surface area (Å²) in [4.78, 5) is 11.0. The van der Waals surface area contributed by atoms with E-state index in [9.17, 15) is 4.79 Å². The van der Waals surface area contributed by atoms with Crippen molar-refractivity contribution < 1.29 is 9.90 Å². The molecule has 1 aliphatic rings. The van der Waals surface area contributed by atoms with Gasteiger partial charge in [-0.15, -0.1) is 0 Å². The number of aliphatic carboxylic acids is 1. The SMILES string of the molecule is C=C(NN)c1cccc(C2=CC=CC(C(=O)O)N2)c1. The minimum atomic E-state index is -0.911. The van der Waals surface area contributed by atoms with E-state index in [1.54, 1.807) is 12.2 Å². The number of nitrogens with two attached hydrogens (primary N) is 1. The summed E-state index contributed by atoms with van der Waals surface area (Å²) in [6, 6.07) is 6.81. The number of allylic oxidation sites excluding steroid dienone is 2. The predicted octanol–water partition coefficient (Wildman–Crippen LogP) is 1.07. The summed E-state index contributed by atoms with van der Waals surface area (Å²) >= 11 is 0. The Kier molecular flexibility index (Phi) is 3.68. The first-order valence-corrected chi connectivity index (χ1v) is 5.76. The van der Waals surface area contributed by atoms with E-state index in [-0.39, 0.29) is 0 Å². The average molecular weight is 257 g/mol. The van der Waals surface area contributed by atoms with Gasteiger partial charge in [-0.05, 0) is 23.3 Å². The molecule has 2 rings (SSSR count). The highest BCUT2D eigenvalue weighted by Crippen LogP contribution is 2.19. The lowest BCUT2D eigenvalue weighted by atomic mass is 10.0. The van der Waals surface area contributed by atoms with Gasteiger partial charge in [0.25, 0.3) is 0 Å². The van der Waals surface area contributed by atoms with Gasteiger partial charge in [0.05, 0.1) is 0 Å². The topological polar surface area (TPSA) is 87.4 Å². The fourth-order valence-corrected chi connectivity index (χ4v) is 1.81. The van der Waals surface area contributed by atoms with Crippen molar-refractivity contribution in [3.05, 3.63) is 60.2 Å². The van der Waals surface area contributed by atoms with E-state index < -0.39 is 12.0 Å². The molecule has 1 heterocycles. The number of carbonyl (C=O) groups is 1. The molecule has 19 heavy (non-hydrogen) atoms. The van der Waals surface area contributed by atoms with Gasteiger partial charge in [-0.1, -0.05) is 36.9 Å². The summed E-state index contributed by atoms with van der Waals surface area (Å²) in [5.74, 6) is 4.41. The van der Waals surface area contributed by atoms with Crippen molar-refractivity contribution in [1.82, 2.24) is 10.7 Å². The van der Waals surface area contributed by atoms with Crippen molar-refractivity contribution in [2.75, 3.05) is 0 Å². The molecule has 1 aromatic carbocycles. The third-order valence-corrected chi connectivity index (χ3v) is 2.84. The molecule has 0 aromatic heterocycles. The zero-order valence-electron chi connectivity index (χ0n) is 10.3. The van der Waals surface area contributed by atoms with E-state index >= 15 is 0 Å². The Balaban J connectivity index is 2.28. The Morgan fingerprint density at radius 2 is 2.26 bits per heavy atom. The van der Waals surface area contributed by atoms with Gasteiger partial charge in [0.1, 0.15) is 6.04 Å². The molecule has 0 bridgehead atoms. The molecule has 0 amide bonds. The number of rotatable bonds is 4. The number of hydrazine groups is 1. The van der Waals surface area contributed by atoms with Crippen molar-refractivity contribution >= 4 is 17.4 Å². The van der Waals surface area contributed by atoms with E-state index in [1.807, 2.05) is 30.3 Å². The van der Waals surface area contributed by atoms with Crippen LogP contribution in [0.15, 0.2) is 49.1 Å². The lowest BCUT2D eigenvalue weighted by Crippen LogP contribution is -2.35. The van der Waals surface area contributed by atoms with Crippen molar-refractivity contribution in [3.8, 4) is 0 Å². The van der Waals surface area contributed by atoms with Gasteiger partial charge < -0.3 is 15.8 Å². The summed E-state index contributed by atoms with van der Waals surface area (Å²) in [6.45, 7) is 3.79. The molecule has 0 fully saturated rings. The molecule has 0 saturated carbocycles. The van der Waals surface area contributed by atoms with Crippen LogP contribution in [0.25, 0.3) is 11.4 Å². The molecule has 1 unspecified atom stereocenters. The average Bonchev–Trinajstić information content (AvgIpc) is 2.46. The Bertz CT molecular complexity index is 576. The highest BCUT2D eigenvalue weighted by molar-refractivity contribution is 5.81. The number of carboxylic acids is 1. The van der Waals surface area contributed by atoms with Crippen LogP contribution in [0.1, 0.15) is 11.1 Å². The van der Waals surface area contributed by atoms with E-state index in [1.165, 1.54) is 0 Å². The van der Waals surface area contributed by atoms with Crippen LogP contribution in [0, 0.1) is 0 Å². The third kappa shape index (κ3) is 2.83. The van der Waals surface area contributed by atoms with Gasteiger partial charge in [0.15, 0.2) is 0 Å². The molecule has 0 saturated heterocycles. The highest BCUT2D eigenvalue weighted by atomic mass is 16.4. The summed E-state index contributed by atoms with van der Waals surface area (Å²) in [5.41, 5.74) is 5.58. The van der Waals surface area contributed by atoms with Crippen LogP contribution in [0.4, 0.5) is 0 Å². The van der Waals surface area contributed by atoms with Crippen LogP contribution in [0.2, 0.25) is 0 Å². The molecule has 5 heteroatoms. The van der Waals surface area contributed by atoms with Gasteiger partial charge in [-0.25, -0.2) is 4.79 Å². The highest BCUT2D eigenvalue weighted by Gasteiger charge is 2.17. The number of hydrogen-bond donors (Lipinski definition) is 4. The summed E-state index contributed by atoms with van der Waals surface area (Å²) < 4.78 is 0. The maximum atomic E-state index is 11.0. The summed E-state index contributed by atoms with van der Waals surface area (Å²) in [6.07, 6.45) is 5.15. The number of hydrogen-bond acceptors (Lipinski definition) is 4. The van der Waals surface area contributed by atoms with Crippen LogP contribution < -0.4 is 16.6 Å². The van der Waals surface area contributed by atoms with Crippen LogP contribution in [-0.2, 0) is 4.79 Å². The fraction of sp³-hybridized carbons (Fsp3) is 0.0714. The first-order valence-electron chi connectivity index (χ1n) is 5.76. The first kappa shape index (κ1) is 12.9. The van der Waals surface area contributed by atoms with E-state index in [4.69, 9.17) is 10.9 Å². The number of dihydropyridines is 1. The minimum absolute atomic E-state index is 0.601. The second-order valence-electron chi connectivity index (χ2n) is 4.13. The van der Waals surface area contributed by atoms with Gasteiger partial charge in [0.2, 0.25) is 0 Å². The summed E-state index contributed by atoms with van der Waals surface area (Å²) in [7, 11) is 0. The predicted molar refractivity (Wildman–Crippen MR) is 74.5 cm³/mol. The quantitative estimate of drug-likeness (QED) is 0.479. The van der Waals surface area contributed by atoms with E-state index in [0.717, 1.165) is 16.8 Å². The lowest BCUT2D eigenvalue weighted by molar-refractivity contribution is -0.137. The van der Waals surface area contributed by atoms with Crippen molar-refractivity contribution in [2.24, 2.45) is 5.84 Å². The van der Waals surface area contributed by atoms with E-state index in [0.29, 0.717) is 5.70 Å². The smallest absolute Gasteiger partial charge is 0.330 e. The molecular formula is C14H15N3O2. The Morgan fingerprint density at radius 1 is 1.47 bits per heavy atom. The zero-order valence-corrected chi connectivity index (χ0v) is 10.3. The molecule has 5 N–H and O–H groups in total. The second-order valence-corrected chi connectivity index (χ2v) is 4.13. The number of nitrogens with one attached hydrogen (secondary N) is 2. The van der Waals surface area contributed by atoms with Crippen LogP contribution in [0.3, 0.4) is 0 Å². The number of benzene rings is 1. The van der Waals surface area contributed by atoms with E-state index in [2.05, 4.69) is 17.3 Å². The normalized spacial score (nSPS) is 17.3. The molecule has 0 aliphatic carbocycles. The zero-order chi connectivity index (χ0) is 13.8. The Labute approximate surface area is 111 Å². The van der Waals surface area contributed by atoms with Gasteiger partial charge in [-0.3, -0.25) is 5.84 Å². The Hall–Kier alpha value is -2.53. The molecule has 0 radical (unpaired) electrons. The molecule has 98 valence electrons. The molecule has 5 nitrogen and oxygen atoms in total. The maximum absolute atomic E-state index is 11.0. The lowest BCUT2D eigenvalue weighted by Gasteiger charge is -2.19. The minimum Gasteiger partial charge on any atom is -0.479 e. The second kappa shape index (κ2) is 5.41. The molecule has 1 aliphatic heterocycles. The van der Waals surface area contributed by atoms with Crippen LogP contribution in [0.5, 0.6) is 0 Å². The number of carboxylic acid groups (broad SMARTS) is 1. The largest absolute Gasteiger partial charge is 0.479 e. The fourth-order valence-electron chi connectivity index (χ4n) is 1.81. The molecule has 1 aromatic rings. The molecule has 1 atom stereocenters. The van der Waals surface area contributed by atoms with Crippen molar-refractivity contribution in [1.29, 1.82) is 0 Å². The standard InChI is InChI=1S/C14H15N3O2/c1-9(17-15)10-4-2-5-11(8-10)12-6-3-7-13(16-12)14(18)19/h2-8,13,16-17H,1,15H2,(H,18,19). The summed E-state index contributed by atoms with van der Waals surface area (Å²) in [5, 5.41) is 11.9. The van der Waals surface area contributed by atoms with Crippen molar-refractivity contribution in [2.45, 2.75) is 6.04 Å². The monoisotopic (exact) mass is 257 g/mol. The maximum Gasteiger partial charge on any atom is 0.330 e. The first-order chi connectivity index (χ1) is 9.11. The Morgan fingerprint density at radius 3 is 2.95 bits per heavy atom. The third-order valence-electron chi connectivity index (χ3n) is 2.84. The van der Waals surface area contributed by atoms with Crippen LogP contribution >= 0.6 is 0 Å². The van der Waals surface area contributed by atoms with Gasteiger partial charge in [-0.2, -0.15) is 0 Å².